The summed E-state index contributed by atoms with van der Waals surface area (Å²) in [5, 5.41) is 0. The Morgan fingerprint density at radius 3 is 2.71 bits per heavy atom. The second kappa shape index (κ2) is 5.30. The van der Waals surface area contributed by atoms with Crippen LogP contribution < -0.4 is 5.73 Å². The molecule has 0 aliphatic carbocycles. The van der Waals surface area contributed by atoms with E-state index in [1.807, 2.05) is 19.1 Å². The maximum Gasteiger partial charge on any atom is 0.126 e. The molecule has 3 aromatic rings. The average molecular weight is 283 g/mol. The average Bonchev–Trinajstić information content (AvgIpc) is 2.79. The zero-order chi connectivity index (χ0) is 15.0. The van der Waals surface area contributed by atoms with E-state index in [1.54, 1.807) is 6.07 Å². The molecule has 3 nitrogen and oxygen atoms in total. The van der Waals surface area contributed by atoms with Gasteiger partial charge in [0.2, 0.25) is 0 Å². The van der Waals surface area contributed by atoms with Crippen LogP contribution in [0.3, 0.4) is 0 Å². The number of benzene rings is 2. The summed E-state index contributed by atoms with van der Waals surface area (Å²) in [6, 6.07) is 12.7. The molecule has 21 heavy (non-hydrogen) atoms. The summed E-state index contributed by atoms with van der Waals surface area (Å²) in [5.41, 5.74) is 10.0. The number of hydrogen-bond donors (Lipinski definition) is 1. The summed E-state index contributed by atoms with van der Waals surface area (Å²) in [5.74, 6) is 0.498. The van der Waals surface area contributed by atoms with Crippen molar-refractivity contribution in [2.24, 2.45) is 5.73 Å². The third-order valence-electron chi connectivity index (χ3n) is 3.74. The van der Waals surface area contributed by atoms with Crippen LogP contribution in [0.4, 0.5) is 4.39 Å². The SMILES string of the molecule is Cc1ccccc1Cn1c(C(C)N)nc2cc(F)ccc21. The molecule has 0 fully saturated rings. The lowest BCUT2D eigenvalue weighted by Crippen LogP contribution is -2.14. The number of halogens is 1. The van der Waals surface area contributed by atoms with Crippen molar-refractivity contribution in [2.45, 2.75) is 26.4 Å². The van der Waals surface area contributed by atoms with Gasteiger partial charge in [0.25, 0.3) is 0 Å². The lowest BCUT2D eigenvalue weighted by molar-refractivity contribution is 0.629. The normalized spacial score (nSPS) is 12.8. The van der Waals surface area contributed by atoms with Gasteiger partial charge in [0, 0.05) is 12.6 Å². The Morgan fingerprint density at radius 2 is 2.00 bits per heavy atom. The third-order valence-corrected chi connectivity index (χ3v) is 3.74. The summed E-state index contributed by atoms with van der Waals surface area (Å²) >= 11 is 0. The zero-order valence-electron chi connectivity index (χ0n) is 12.2. The van der Waals surface area contributed by atoms with E-state index < -0.39 is 0 Å². The molecule has 2 N–H and O–H groups in total. The Bertz CT molecular complexity index is 790. The smallest absolute Gasteiger partial charge is 0.126 e. The Hall–Kier alpha value is -2.20. The predicted octanol–water partition coefficient (Wildman–Crippen LogP) is 3.55. The Morgan fingerprint density at radius 1 is 1.24 bits per heavy atom. The van der Waals surface area contributed by atoms with Crippen LogP contribution in [-0.4, -0.2) is 9.55 Å². The minimum atomic E-state index is -0.278. The quantitative estimate of drug-likeness (QED) is 0.799. The molecule has 0 bridgehead atoms. The van der Waals surface area contributed by atoms with Gasteiger partial charge in [0.05, 0.1) is 17.1 Å². The van der Waals surface area contributed by atoms with E-state index in [2.05, 4.69) is 28.6 Å². The van der Waals surface area contributed by atoms with Gasteiger partial charge in [0.1, 0.15) is 11.6 Å². The Balaban J connectivity index is 2.16. The molecule has 0 aliphatic rings. The van der Waals surface area contributed by atoms with E-state index in [-0.39, 0.29) is 11.9 Å². The number of fused-ring (bicyclic) bond motifs is 1. The van der Waals surface area contributed by atoms with E-state index in [0.29, 0.717) is 12.1 Å². The first-order chi connectivity index (χ1) is 10.1. The van der Waals surface area contributed by atoms with Crippen LogP contribution in [0.15, 0.2) is 42.5 Å². The number of imidazole rings is 1. The minimum absolute atomic E-state index is 0.204. The first-order valence-electron chi connectivity index (χ1n) is 7.02. The topological polar surface area (TPSA) is 43.8 Å². The minimum Gasteiger partial charge on any atom is -0.322 e. The maximum atomic E-state index is 13.4. The number of rotatable bonds is 3. The monoisotopic (exact) mass is 283 g/mol. The van der Waals surface area contributed by atoms with Crippen molar-refractivity contribution in [3.05, 3.63) is 65.2 Å². The molecule has 0 spiro atoms. The summed E-state index contributed by atoms with van der Waals surface area (Å²) in [6.45, 7) is 4.66. The summed E-state index contributed by atoms with van der Waals surface area (Å²) in [7, 11) is 0. The fourth-order valence-corrected chi connectivity index (χ4v) is 2.59. The van der Waals surface area contributed by atoms with Crippen LogP contribution >= 0.6 is 0 Å². The van der Waals surface area contributed by atoms with E-state index in [4.69, 9.17) is 5.73 Å². The Kier molecular flexibility index (Phi) is 3.47. The lowest BCUT2D eigenvalue weighted by Gasteiger charge is -2.13. The van der Waals surface area contributed by atoms with Gasteiger partial charge in [-0.1, -0.05) is 24.3 Å². The van der Waals surface area contributed by atoms with Crippen molar-refractivity contribution in [3.63, 3.8) is 0 Å². The maximum absolute atomic E-state index is 13.4. The third kappa shape index (κ3) is 2.54. The molecule has 3 rings (SSSR count). The van der Waals surface area contributed by atoms with Crippen LogP contribution in [0, 0.1) is 12.7 Å². The van der Waals surface area contributed by atoms with E-state index in [9.17, 15) is 4.39 Å². The molecular weight excluding hydrogens is 265 g/mol. The molecule has 0 saturated carbocycles. The van der Waals surface area contributed by atoms with E-state index in [0.717, 1.165) is 11.3 Å². The van der Waals surface area contributed by atoms with Crippen LogP contribution in [0.5, 0.6) is 0 Å². The molecule has 2 aromatic carbocycles. The summed E-state index contributed by atoms with van der Waals surface area (Å²) in [6.07, 6.45) is 0. The standard InChI is InChI=1S/C17H18FN3/c1-11-5-3-4-6-13(11)10-21-16-8-7-14(18)9-15(16)20-17(21)12(2)19/h3-9,12H,10,19H2,1-2H3. The molecule has 1 aromatic heterocycles. The molecule has 1 heterocycles. The summed E-state index contributed by atoms with van der Waals surface area (Å²) < 4.78 is 15.5. The highest BCUT2D eigenvalue weighted by atomic mass is 19.1. The first-order valence-corrected chi connectivity index (χ1v) is 7.02. The highest BCUT2D eigenvalue weighted by Gasteiger charge is 2.15. The van der Waals surface area contributed by atoms with Crippen molar-refractivity contribution in [2.75, 3.05) is 0 Å². The van der Waals surface area contributed by atoms with Crippen molar-refractivity contribution in [1.29, 1.82) is 0 Å². The number of aryl methyl sites for hydroxylation is 1. The van der Waals surface area contributed by atoms with Gasteiger partial charge in [-0.3, -0.25) is 0 Å². The highest BCUT2D eigenvalue weighted by Crippen LogP contribution is 2.23. The van der Waals surface area contributed by atoms with Gasteiger partial charge in [-0.05, 0) is 37.1 Å². The van der Waals surface area contributed by atoms with Crippen LogP contribution in [0.1, 0.15) is 29.9 Å². The molecule has 0 radical (unpaired) electrons. The second-order valence-corrected chi connectivity index (χ2v) is 5.40. The molecule has 4 heteroatoms. The van der Waals surface area contributed by atoms with Gasteiger partial charge in [-0.2, -0.15) is 0 Å². The molecule has 108 valence electrons. The fourth-order valence-electron chi connectivity index (χ4n) is 2.59. The van der Waals surface area contributed by atoms with E-state index >= 15 is 0 Å². The first kappa shape index (κ1) is 13.8. The van der Waals surface area contributed by atoms with Crippen LogP contribution in [0.25, 0.3) is 11.0 Å². The van der Waals surface area contributed by atoms with Gasteiger partial charge in [0.15, 0.2) is 0 Å². The van der Waals surface area contributed by atoms with Crippen molar-refractivity contribution >= 4 is 11.0 Å². The van der Waals surface area contributed by atoms with Crippen molar-refractivity contribution in [1.82, 2.24) is 9.55 Å². The predicted molar refractivity (Wildman–Crippen MR) is 82.6 cm³/mol. The lowest BCUT2D eigenvalue weighted by atomic mass is 10.1. The highest BCUT2D eigenvalue weighted by molar-refractivity contribution is 5.76. The van der Waals surface area contributed by atoms with Crippen molar-refractivity contribution in [3.8, 4) is 0 Å². The molecule has 1 unspecified atom stereocenters. The second-order valence-electron chi connectivity index (χ2n) is 5.40. The van der Waals surface area contributed by atoms with Gasteiger partial charge < -0.3 is 10.3 Å². The van der Waals surface area contributed by atoms with Gasteiger partial charge in [-0.15, -0.1) is 0 Å². The van der Waals surface area contributed by atoms with Crippen LogP contribution in [0.2, 0.25) is 0 Å². The number of nitrogens with zero attached hydrogens (tertiary/aromatic N) is 2. The molecule has 0 saturated heterocycles. The number of aromatic nitrogens is 2. The zero-order valence-corrected chi connectivity index (χ0v) is 12.2. The fraction of sp³-hybridized carbons (Fsp3) is 0.235. The largest absolute Gasteiger partial charge is 0.322 e. The summed E-state index contributed by atoms with van der Waals surface area (Å²) in [4.78, 5) is 4.50. The molecule has 0 amide bonds. The van der Waals surface area contributed by atoms with E-state index in [1.165, 1.54) is 23.3 Å². The number of nitrogens with two attached hydrogens (primary N) is 1. The Labute approximate surface area is 123 Å². The van der Waals surface area contributed by atoms with Gasteiger partial charge in [-0.25, -0.2) is 9.37 Å². The van der Waals surface area contributed by atoms with Crippen LogP contribution in [-0.2, 0) is 6.54 Å². The molecule has 0 aliphatic heterocycles. The molecular formula is C17H18FN3. The van der Waals surface area contributed by atoms with Gasteiger partial charge >= 0.3 is 0 Å². The number of hydrogen-bond acceptors (Lipinski definition) is 2. The molecule has 1 atom stereocenters. The van der Waals surface area contributed by atoms with Crippen molar-refractivity contribution < 1.29 is 4.39 Å².